The normalized spacial score (nSPS) is 12.1. The highest BCUT2D eigenvalue weighted by Crippen LogP contribution is 2.19. The van der Waals surface area contributed by atoms with Crippen LogP contribution < -0.4 is 5.32 Å². The maximum atomic E-state index is 12.4. The Kier molecular flexibility index (Phi) is 5.49. The van der Waals surface area contributed by atoms with Crippen LogP contribution in [0.3, 0.4) is 0 Å². The number of oxazole rings is 1. The molecule has 0 aliphatic carbocycles. The van der Waals surface area contributed by atoms with E-state index in [1.165, 1.54) is 6.39 Å². The highest BCUT2D eigenvalue weighted by atomic mass is 16.3. The molecule has 5 nitrogen and oxygen atoms in total. The fourth-order valence-corrected chi connectivity index (χ4v) is 2.25. The van der Waals surface area contributed by atoms with Crippen LogP contribution in [0.1, 0.15) is 61.0 Å². The number of unbranched alkanes of at least 4 members (excludes halogenated alkanes) is 1. The lowest BCUT2D eigenvalue weighted by Gasteiger charge is -2.18. The lowest BCUT2D eigenvalue weighted by molar-refractivity contribution is 0.0927. The molecule has 0 fully saturated rings. The van der Waals surface area contributed by atoms with Crippen LogP contribution >= 0.6 is 0 Å². The van der Waals surface area contributed by atoms with Gasteiger partial charge in [-0.05, 0) is 18.1 Å². The number of aromatic nitrogens is 2. The molecule has 1 N–H and O–H groups in total. The molecule has 2 aromatic rings. The zero-order valence-electron chi connectivity index (χ0n) is 12.5. The standard InChI is InChI=1S/C16H21N3O2/c1-3-5-8-13(12-7-6-9-17-10-12)19-16(20)15-14(4-2)21-11-18-15/h6-7,9-11,13H,3-5,8H2,1-2H3,(H,19,20). The van der Waals surface area contributed by atoms with Crippen molar-refractivity contribution in [1.82, 2.24) is 15.3 Å². The summed E-state index contributed by atoms with van der Waals surface area (Å²) >= 11 is 0. The van der Waals surface area contributed by atoms with Crippen molar-refractivity contribution in [3.05, 3.63) is 47.9 Å². The third-order valence-corrected chi connectivity index (χ3v) is 3.42. The van der Waals surface area contributed by atoms with Crippen LogP contribution in [0.5, 0.6) is 0 Å². The zero-order chi connectivity index (χ0) is 15.1. The minimum absolute atomic E-state index is 0.0486. The van der Waals surface area contributed by atoms with E-state index >= 15 is 0 Å². The number of hydrogen-bond acceptors (Lipinski definition) is 4. The van der Waals surface area contributed by atoms with E-state index in [0.29, 0.717) is 17.9 Å². The molecule has 2 rings (SSSR count). The van der Waals surface area contributed by atoms with E-state index in [2.05, 4.69) is 22.2 Å². The van der Waals surface area contributed by atoms with Crippen LogP contribution in [0.4, 0.5) is 0 Å². The highest BCUT2D eigenvalue weighted by Gasteiger charge is 2.20. The quantitative estimate of drug-likeness (QED) is 0.848. The predicted octanol–water partition coefficient (Wildman–Crippen LogP) is 3.29. The van der Waals surface area contributed by atoms with Gasteiger partial charge in [0.25, 0.3) is 5.91 Å². The maximum absolute atomic E-state index is 12.4. The first-order valence-electron chi connectivity index (χ1n) is 7.39. The van der Waals surface area contributed by atoms with Crippen molar-refractivity contribution in [2.24, 2.45) is 0 Å². The number of nitrogens with zero attached hydrogens (tertiary/aromatic N) is 2. The number of pyridine rings is 1. The SMILES string of the molecule is CCCCC(NC(=O)c1ncoc1CC)c1cccnc1. The first-order valence-corrected chi connectivity index (χ1v) is 7.39. The van der Waals surface area contributed by atoms with Crippen molar-refractivity contribution < 1.29 is 9.21 Å². The summed E-state index contributed by atoms with van der Waals surface area (Å²) in [5.41, 5.74) is 1.39. The average Bonchev–Trinajstić information content (AvgIpc) is 3.00. The summed E-state index contributed by atoms with van der Waals surface area (Å²) in [7, 11) is 0. The molecule has 0 saturated carbocycles. The van der Waals surface area contributed by atoms with E-state index in [-0.39, 0.29) is 11.9 Å². The van der Waals surface area contributed by atoms with Gasteiger partial charge in [0.1, 0.15) is 5.76 Å². The number of amides is 1. The predicted molar refractivity (Wildman–Crippen MR) is 79.9 cm³/mol. The number of aryl methyl sites for hydroxylation is 1. The van der Waals surface area contributed by atoms with Crippen molar-refractivity contribution in [1.29, 1.82) is 0 Å². The first-order chi connectivity index (χ1) is 10.3. The van der Waals surface area contributed by atoms with Gasteiger partial charge in [0, 0.05) is 18.8 Å². The van der Waals surface area contributed by atoms with Crippen LogP contribution in [0, 0.1) is 0 Å². The molecule has 21 heavy (non-hydrogen) atoms. The number of hydrogen-bond donors (Lipinski definition) is 1. The third-order valence-electron chi connectivity index (χ3n) is 3.42. The number of nitrogens with one attached hydrogen (secondary N) is 1. The van der Waals surface area contributed by atoms with Crippen LogP contribution in [0.15, 0.2) is 35.3 Å². The summed E-state index contributed by atoms with van der Waals surface area (Å²) in [4.78, 5) is 20.5. The maximum Gasteiger partial charge on any atom is 0.274 e. The van der Waals surface area contributed by atoms with Crippen LogP contribution in [-0.4, -0.2) is 15.9 Å². The van der Waals surface area contributed by atoms with E-state index in [9.17, 15) is 4.79 Å². The minimum Gasteiger partial charge on any atom is -0.448 e. The Morgan fingerprint density at radius 1 is 1.43 bits per heavy atom. The summed E-state index contributed by atoms with van der Waals surface area (Å²) in [5.74, 6) is 0.429. The molecular formula is C16H21N3O2. The van der Waals surface area contributed by atoms with Gasteiger partial charge < -0.3 is 9.73 Å². The molecule has 112 valence electrons. The monoisotopic (exact) mass is 287 g/mol. The molecule has 2 heterocycles. The van der Waals surface area contributed by atoms with Gasteiger partial charge in [0.15, 0.2) is 12.1 Å². The van der Waals surface area contributed by atoms with Crippen molar-refractivity contribution in [3.8, 4) is 0 Å². The van der Waals surface area contributed by atoms with Crippen LogP contribution in [0.25, 0.3) is 0 Å². The molecule has 1 unspecified atom stereocenters. The van der Waals surface area contributed by atoms with Crippen molar-refractivity contribution in [3.63, 3.8) is 0 Å². The molecule has 0 saturated heterocycles. The van der Waals surface area contributed by atoms with Gasteiger partial charge in [0.05, 0.1) is 6.04 Å². The van der Waals surface area contributed by atoms with Gasteiger partial charge in [-0.2, -0.15) is 0 Å². The molecular weight excluding hydrogens is 266 g/mol. The third kappa shape index (κ3) is 3.90. The topological polar surface area (TPSA) is 68.0 Å². The van der Waals surface area contributed by atoms with Gasteiger partial charge in [-0.25, -0.2) is 4.98 Å². The summed E-state index contributed by atoms with van der Waals surface area (Å²) in [6.07, 6.45) is 8.50. The highest BCUT2D eigenvalue weighted by molar-refractivity contribution is 5.93. The van der Waals surface area contributed by atoms with Gasteiger partial charge in [-0.1, -0.05) is 32.8 Å². The molecule has 0 aliphatic rings. The van der Waals surface area contributed by atoms with Crippen molar-refractivity contribution >= 4 is 5.91 Å². The van der Waals surface area contributed by atoms with Gasteiger partial charge in [-0.15, -0.1) is 0 Å². The lowest BCUT2D eigenvalue weighted by atomic mass is 10.0. The summed E-state index contributed by atoms with van der Waals surface area (Å²) < 4.78 is 5.22. The van der Waals surface area contributed by atoms with E-state index < -0.39 is 0 Å². The molecule has 0 aliphatic heterocycles. The first kappa shape index (κ1) is 15.2. The smallest absolute Gasteiger partial charge is 0.274 e. The molecule has 0 bridgehead atoms. The van der Waals surface area contributed by atoms with E-state index in [1.54, 1.807) is 12.4 Å². The summed E-state index contributed by atoms with van der Waals surface area (Å²) in [6.45, 7) is 4.07. The van der Waals surface area contributed by atoms with E-state index in [1.807, 2.05) is 19.1 Å². The van der Waals surface area contributed by atoms with Crippen LogP contribution in [-0.2, 0) is 6.42 Å². The van der Waals surface area contributed by atoms with Crippen molar-refractivity contribution in [2.45, 2.75) is 45.6 Å². The molecule has 2 aromatic heterocycles. The fraction of sp³-hybridized carbons (Fsp3) is 0.438. The van der Waals surface area contributed by atoms with Crippen LogP contribution in [0.2, 0.25) is 0 Å². The Bertz CT molecular complexity index is 566. The average molecular weight is 287 g/mol. The Balaban J connectivity index is 2.13. The molecule has 5 heteroatoms. The largest absolute Gasteiger partial charge is 0.448 e. The minimum atomic E-state index is -0.189. The summed E-state index contributed by atoms with van der Waals surface area (Å²) in [6, 6.07) is 3.82. The molecule has 0 aromatic carbocycles. The second-order valence-electron chi connectivity index (χ2n) is 4.93. The zero-order valence-corrected chi connectivity index (χ0v) is 12.5. The van der Waals surface area contributed by atoms with Gasteiger partial charge >= 0.3 is 0 Å². The number of rotatable bonds is 7. The Hall–Kier alpha value is -2.17. The molecule has 0 spiro atoms. The second-order valence-corrected chi connectivity index (χ2v) is 4.93. The fourth-order valence-electron chi connectivity index (χ4n) is 2.25. The lowest BCUT2D eigenvalue weighted by Crippen LogP contribution is -2.29. The molecule has 1 amide bonds. The molecule has 1 atom stereocenters. The molecule has 0 radical (unpaired) electrons. The van der Waals surface area contributed by atoms with Crippen molar-refractivity contribution in [2.75, 3.05) is 0 Å². The van der Waals surface area contributed by atoms with E-state index in [4.69, 9.17) is 4.42 Å². The Labute approximate surface area is 124 Å². The van der Waals surface area contributed by atoms with E-state index in [0.717, 1.165) is 24.8 Å². The Morgan fingerprint density at radius 2 is 2.29 bits per heavy atom. The second kappa shape index (κ2) is 7.57. The number of carbonyl (C=O) groups is 1. The summed E-state index contributed by atoms with van der Waals surface area (Å²) in [5, 5.41) is 3.04. The number of carbonyl (C=O) groups excluding carboxylic acids is 1. The Morgan fingerprint density at radius 3 is 2.95 bits per heavy atom. The van der Waals surface area contributed by atoms with Gasteiger partial charge in [0.2, 0.25) is 0 Å². The van der Waals surface area contributed by atoms with Gasteiger partial charge in [-0.3, -0.25) is 9.78 Å².